The lowest BCUT2D eigenvalue weighted by molar-refractivity contribution is 0.0919. The smallest absolute Gasteiger partial charge is 0.236 e. The first-order valence-corrected chi connectivity index (χ1v) is 5.69. The van der Waals surface area contributed by atoms with Crippen LogP contribution in [0.25, 0.3) is 11.0 Å². The third kappa shape index (κ3) is 1.88. The van der Waals surface area contributed by atoms with Gasteiger partial charge in [0.25, 0.3) is 0 Å². The Labute approximate surface area is 104 Å². The maximum atomic E-state index is 12.2. The van der Waals surface area contributed by atoms with Gasteiger partial charge in [-0.05, 0) is 29.8 Å². The highest BCUT2D eigenvalue weighted by molar-refractivity contribution is 5.91. The normalized spacial score (nSPS) is 10.7. The summed E-state index contributed by atoms with van der Waals surface area (Å²) in [5.74, 6) is 0.00917. The Bertz CT molecular complexity index is 688. The molecule has 0 amide bonds. The molecule has 0 N–H and O–H groups in total. The van der Waals surface area contributed by atoms with Crippen LogP contribution in [0.5, 0.6) is 0 Å². The van der Waals surface area contributed by atoms with Gasteiger partial charge in [-0.2, -0.15) is 0 Å². The van der Waals surface area contributed by atoms with Gasteiger partial charge in [-0.15, -0.1) is 0 Å². The number of carbonyl (C=O) groups is 1. The molecule has 0 fully saturated rings. The lowest BCUT2D eigenvalue weighted by atomic mass is 10.2. The van der Waals surface area contributed by atoms with E-state index in [2.05, 4.69) is 9.97 Å². The molecule has 4 nitrogen and oxygen atoms in total. The van der Waals surface area contributed by atoms with Crippen molar-refractivity contribution in [2.75, 3.05) is 0 Å². The Morgan fingerprint density at radius 2 is 1.89 bits per heavy atom. The molecule has 0 saturated heterocycles. The number of imidazole rings is 1. The minimum absolute atomic E-state index is 0.00917. The van der Waals surface area contributed by atoms with Crippen molar-refractivity contribution < 1.29 is 4.79 Å². The molecule has 0 unspecified atom stereocenters. The molecule has 1 aromatic carbocycles. The van der Waals surface area contributed by atoms with E-state index in [0.29, 0.717) is 6.42 Å². The second-order valence-electron chi connectivity index (χ2n) is 4.03. The number of hydrogen-bond donors (Lipinski definition) is 0. The number of fused-ring (bicyclic) bond motifs is 1. The molecule has 0 aliphatic carbocycles. The summed E-state index contributed by atoms with van der Waals surface area (Å²) in [4.78, 5) is 20.3. The summed E-state index contributed by atoms with van der Waals surface area (Å²) in [6, 6.07) is 11.3. The highest BCUT2D eigenvalue weighted by Gasteiger charge is 2.09. The Balaban J connectivity index is 1.93. The quantitative estimate of drug-likeness (QED) is 0.687. The molecule has 0 aliphatic rings. The van der Waals surface area contributed by atoms with Gasteiger partial charge in [-0.25, -0.2) is 4.98 Å². The van der Waals surface area contributed by atoms with Crippen molar-refractivity contribution in [3.63, 3.8) is 0 Å². The van der Waals surface area contributed by atoms with Crippen molar-refractivity contribution in [2.45, 2.75) is 6.42 Å². The third-order valence-corrected chi connectivity index (χ3v) is 2.83. The van der Waals surface area contributed by atoms with E-state index in [1.807, 2.05) is 36.4 Å². The minimum atomic E-state index is 0.00917. The summed E-state index contributed by atoms with van der Waals surface area (Å²) in [6.45, 7) is 0. The summed E-state index contributed by atoms with van der Waals surface area (Å²) in [5, 5.41) is 0. The number of pyridine rings is 1. The second kappa shape index (κ2) is 4.41. The number of para-hydroxylation sites is 2. The Morgan fingerprint density at radius 1 is 1.11 bits per heavy atom. The summed E-state index contributed by atoms with van der Waals surface area (Å²) < 4.78 is 1.59. The standard InChI is InChI=1S/C14H11N3O/c18-14(9-11-5-7-15-8-6-11)17-10-16-12-3-1-2-4-13(12)17/h1-8,10H,9H2. The molecular weight excluding hydrogens is 226 g/mol. The Hall–Kier alpha value is -2.49. The number of aromatic nitrogens is 3. The predicted molar refractivity (Wildman–Crippen MR) is 68.3 cm³/mol. The lowest BCUT2D eigenvalue weighted by Crippen LogP contribution is -2.12. The largest absolute Gasteiger partial charge is 0.274 e. The Kier molecular flexibility index (Phi) is 2.61. The fraction of sp³-hybridized carbons (Fsp3) is 0.0714. The fourth-order valence-electron chi connectivity index (χ4n) is 1.92. The van der Waals surface area contributed by atoms with Crippen LogP contribution in [0, 0.1) is 0 Å². The highest BCUT2D eigenvalue weighted by atomic mass is 16.2. The van der Waals surface area contributed by atoms with Crippen LogP contribution in [0.2, 0.25) is 0 Å². The van der Waals surface area contributed by atoms with Gasteiger partial charge in [-0.1, -0.05) is 12.1 Å². The summed E-state index contributed by atoms with van der Waals surface area (Å²) in [6.07, 6.45) is 5.31. The molecular formula is C14H11N3O. The molecule has 4 heteroatoms. The van der Waals surface area contributed by atoms with Crippen LogP contribution in [0.1, 0.15) is 10.4 Å². The zero-order valence-corrected chi connectivity index (χ0v) is 9.65. The summed E-state index contributed by atoms with van der Waals surface area (Å²) in [5.41, 5.74) is 2.63. The molecule has 0 aliphatic heterocycles. The van der Waals surface area contributed by atoms with Crippen LogP contribution in [-0.2, 0) is 6.42 Å². The molecule has 0 bridgehead atoms. The van der Waals surface area contributed by atoms with E-state index in [4.69, 9.17) is 0 Å². The summed E-state index contributed by atoms with van der Waals surface area (Å²) >= 11 is 0. The van der Waals surface area contributed by atoms with Gasteiger partial charge >= 0.3 is 0 Å². The first kappa shape index (κ1) is 10.7. The topological polar surface area (TPSA) is 47.8 Å². The van der Waals surface area contributed by atoms with E-state index in [1.54, 1.807) is 23.3 Å². The predicted octanol–water partition coefficient (Wildman–Crippen LogP) is 2.31. The zero-order chi connectivity index (χ0) is 12.4. The van der Waals surface area contributed by atoms with Crippen LogP contribution in [-0.4, -0.2) is 20.4 Å². The van der Waals surface area contributed by atoms with E-state index in [-0.39, 0.29) is 5.91 Å². The summed E-state index contributed by atoms with van der Waals surface area (Å²) in [7, 11) is 0. The van der Waals surface area contributed by atoms with Gasteiger partial charge in [-0.3, -0.25) is 14.3 Å². The molecule has 0 saturated carbocycles. The number of benzene rings is 1. The molecule has 0 radical (unpaired) electrons. The SMILES string of the molecule is O=C(Cc1ccncc1)n1cnc2ccccc21. The van der Waals surface area contributed by atoms with Gasteiger partial charge in [0.15, 0.2) is 0 Å². The number of hydrogen-bond acceptors (Lipinski definition) is 3. The molecule has 2 aromatic heterocycles. The minimum Gasteiger partial charge on any atom is -0.274 e. The maximum absolute atomic E-state index is 12.2. The van der Waals surface area contributed by atoms with E-state index >= 15 is 0 Å². The van der Waals surface area contributed by atoms with Gasteiger partial charge < -0.3 is 0 Å². The van der Waals surface area contributed by atoms with Gasteiger partial charge in [0, 0.05) is 12.4 Å². The third-order valence-electron chi connectivity index (χ3n) is 2.83. The Morgan fingerprint density at radius 3 is 2.72 bits per heavy atom. The average Bonchev–Trinajstić information content (AvgIpc) is 2.84. The van der Waals surface area contributed by atoms with E-state index in [9.17, 15) is 4.79 Å². The second-order valence-corrected chi connectivity index (χ2v) is 4.03. The number of nitrogens with zero attached hydrogens (tertiary/aromatic N) is 3. The molecule has 18 heavy (non-hydrogen) atoms. The number of carbonyl (C=O) groups excluding carboxylic acids is 1. The average molecular weight is 237 g/mol. The lowest BCUT2D eigenvalue weighted by Gasteiger charge is -2.02. The van der Waals surface area contributed by atoms with Crippen LogP contribution < -0.4 is 0 Å². The molecule has 0 atom stereocenters. The molecule has 3 rings (SSSR count). The van der Waals surface area contributed by atoms with Crippen molar-refractivity contribution in [3.05, 3.63) is 60.7 Å². The van der Waals surface area contributed by atoms with E-state index in [0.717, 1.165) is 16.6 Å². The van der Waals surface area contributed by atoms with E-state index < -0.39 is 0 Å². The first-order chi connectivity index (χ1) is 8.84. The van der Waals surface area contributed by atoms with Crippen molar-refractivity contribution in [3.8, 4) is 0 Å². The molecule has 88 valence electrons. The van der Waals surface area contributed by atoms with Gasteiger partial charge in [0.05, 0.1) is 17.5 Å². The van der Waals surface area contributed by atoms with Crippen LogP contribution >= 0.6 is 0 Å². The zero-order valence-electron chi connectivity index (χ0n) is 9.65. The van der Waals surface area contributed by atoms with Gasteiger partial charge in [0.1, 0.15) is 6.33 Å². The van der Waals surface area contributed by atoms with Crippen LogP contribution in [0.15, 0.2) is 55.1 Å². The van der Waals surface area contributed by atoms with Crippen molar-refractivity contribution >= 4 is 16.9 Å². The van der Waals surface area contributed by atoms with Gasteiger partial charge in [0.2, 0.25) is 5.91 Å². The molecule has 2 heterocycles. The highest BCUT2D eigenvalue weighted by Crippen LogP contribution is 2.12. The molecule has 0 spiro atoms. The van der Waals surface area contributed by atoms with E-state index in [1.165, 1.54) is 0 Å². The van der Waals surface area contributed by atoms with Crippen molar-refractivity contribution in [1.82, 2.24) is 14.5 Å². The molecule has 3 aromatic rings. The van der Waals surface area contributed by atoms with Crippen LogP contribution in [0.4, 0.5) is 0 Å². The first-order valence-electron chi connectivity index (χ1n) is 5.69. The maximum Gasteiger partial charge on any atom is 0.236 e. The fourth-order valence-corrected chi connectivity index (χ4v) is 1.92. The van der Waals surface area contributed by atoms with Crippen LogP contribution in [0.3, 0.4) is 0 Å². The van der Waals surface area contributed by atoms with Crippen molar-refractivity contribution in [2.24, 2.45) is 0 Å². The van der Waals surface area contributed by atoms with Crippen molar-refractivity contribution in [1.29, 1.82) is 0 Å². The number of rotatable bonds is 2. The monoisotopic (exact) mass is 237 g/mol.